The van der Waals surface area contributed by atoms with E-state index in [-0.39, 0.29) is 24.0 Å². The van der Waals surface area contributed by atoms with Crippen molar-refractivity contribution in [1.29, 1.82) is 5.26 Å². The first kappa shape index (κ1) is 18.8. The zero-order valence-electron chi connectivity index (χ0n) is 13.3. The number of rotatable bonds is 3. The fraction of sp³-hybridized carbons (Fsp3) is 0.529. The first-order valence-electron chi connectivity index (χ1n) is 7.67. The molecule has 2 unspecified atom stereocenters. The Morgan fingerprint density at radius 3 is 2.91 bits per heavy atom. The number of benzene rings is 1. The molecule has 0 aromatic heterocycles. The fourth-order valence-corrected chi connectivity index (χ4v) is 2.89. The van der Waals surface area contributed by atoms with E-state index in [4.69, 9.17) is 5.26 Å². The molecular formula is C17H25IN4. The minimum atomic E-state index is 0. The summed E-state index contributed by atoms with van der Waals surface area (Å²) in [6.07, 6.45) is 5.06. The number of nitrogens with zero attached hydrogens (tertiary/aromatic N) is 2. The molecule has 1 fully saturated rings. The van der Waals surface area contributed by atoms with Gasteiger partial charge in [-0.15, -0.1) is 24.0 Å². The summed E-state index contributed by atoms with van der Waals surface area (Å²) in [5.74, 6) is 1.64. The topological polar surface area (TPSA) is 60.2 Å². The van der Waals surface area contributed by atoms with Crippen molar-refractivity contribution < 1.29 is 0 Å². The van der Waals surface area contributed by atoms with Crippen LogP contribution in [0.25, 0.3) is 0 Å². The molecule has 4 nitrogen and oxygen atoms in total. The van der Waals surface area contributed by atoms with Crippen molar-refractivity contribution in [3.63, 3.8) is 0 Å². The van der Waals surface area contributed by atoms with Gasteiger partial charge in [-0.3, -0.25) is 4.99 Å². The van der Waals surface area contributed by atoms with E-state index in [1.807, 2.05) is 24.3 Å². The van der Waals surface area contributed by atoms with Gasteiger partial charge in [-0.05, 0) is 36.5 Å². The van der Waals surface area contributed by atoms with Crippen LogP contribution in [0.2, 0.25) is 0 Å². The van der Waals surface area contributed by atoms with Crippen molar-refractivity contribution >= 4 is 29.9 Å². The van der Waals surface area contributed by atoms with Gasteiger partial charge >= 0.3 is 0 Å². The minimum absolute atomic E-state index is 0. The summed E-state index contributed by atoms with van der Waals surface area (Å²) in [4.78, 5) is 4.29. The highest BCUT2D eigenvalue weighted by Gasteiger charge is 2.19. The largest absolute Gasteiger partial charge is 0.354 e. The second kappa shape index (κ2) is 9.67. The normalized spacial score (nSPS) is 21.4. The van der Waals surface area contributed by atoms with Gasteiger partial charge in [0.05, 0.1) is 11.6 Å². The Labute approximate surface area is 150 Å². The molecule has 0 radical (unpaired) electrons. The van der Waals surface area contributed by atoms with Gasteiger partial charge in [-0.25, -0.2) is 0 Å². The molecule has 22 heavy (non-hydrogen) atoms. The number of nitriles is 1. The first-order chi connectivity index (χ1) is 10.2. The molecule has 1 aliphatic carbocycles. The standard InChI is InChI=1S/C17H24N4.HI/c1-13-5-3-8-16(9-13)21-17(19-2)20-12-15-7-4-6-14(10-15)11-18;/h4,6-7,10,13,16H,3,5,8-9,12H2,1-2H3,(H2,19,20,21);1H. The van der Waals surface area contributed by atoms with Crippen molar-refractivity contribution in [2.24, 2.45) is 10.9 Å². The molecular weight excluding hydrogens is 387 g/mol. The Balaban J connectivity index is 0.00000242. The number of nitrogens with one attached hydrogen (secondary N) is 2. The molecule has 120 valence electrons. The predicted molar refractivity (Wildman–Crippen MR) is 101 cm³/mol. The Morgan fingerprint density at radius 1 is 1.41 bits per heavy atom. The van der Waals surface area contributed by atoms with Crippen LogP contribution < -0.4 is 10.6 Å². The van der Waals surface area contributed by atoms with Gasteiger partial charge in [0, 0.05) is 19.6 Å². The summed E-state index contributed by atoms with van der Waals surface area (Å²) in [6, 6.07) is 10.3. The summed E-state index contributed by atoms with van der Waals surface area (Å²) in [5, 5.41) is 15.8. The van der Waals surface area contributed by atoms with E-state index in [1.54, 1.807) is 7.05 Å². The highest BCUT2D eigenvalue weighted by atomic mass is 127. The number of aliphatic imine (C=N–C) groups is 1. The summed E-state index contributed by atoms with van der Waals surface area (Å²) >= 11 is 0. The van der Waals surface area contributed by atoms with Crippen LogP contribution in [-0.2, 0) is 6.54 Å². The summed E-state index contributed by atoms with van der Waals surface area (Å²) < 4.78 is 0. The van der Waals surface area contributed by atoms with E-state index in [0.717, 1.165) is 17.4 Å². The first-order valence-corrected chi connectivity index (χ1v) is 7.67. The lowest BCUT2D eigenvalue weighted by Gasteiger charge is -2.28. The maximum absolute atomic E-state index is 8.92. The number of halogens is 1. The van der Waals surface area contributed by atoms with Crippen LogP contribution in [0.5, 0.6) is 0 Å². The van der Waals surface area contributed by atoms with Gasteiger partial charge in [0.1, 0.15) is 0 Å². The van der Waals surface area contributed by atoms with Gasteiger partial charge in [-0.2, -0.15) is 5.26 Å². The average Bonchev–Trinajstić information content (AvgIpc) is 2.51. The highest BCUT2D eigenvalue weighted by molar-refractivity contribution is 14.0. The smallest absolute Gasteiger partial charge is 0.191 e. The molecule has 0 heterocycles. The number of guanidine groups is 1. The lowest BCUT2D eigenvalue weighted by Crippen LogP contribution is -2.44. The third-order valence-electron chi connectivity index (χ3n) is 4.02. The molecule has 1 saturated carbocycles. The SMILES string of the molecule is CN=C(NCc1cccc(C#N)c1)NC1CCCC(C)C1.I. The van der Waals surface area contributed by atoms with Crippen molar-refractivity contribution in [2.45, 2.75) is 45.2 Å². The van der Waals surface area contributed by atoms with E-state index >= 15 is 0 Å². The van der Waals surface area contributed by atoms with Crippen molar-refractivity contribution in [3.05, 3.63) is 35.4 Å². The van der Waals surface area contributed by atoms with Gasteiger partial charge < -0.3 is 10.6 Å². The van der Waals surface area contributed by atoms with Crippen molar-refractivity contribution in [1.82, 2.24) is 10.6 Å². The quantitative estimate of drug-likeness (QED) is 0.455. The maximum atomic E-state index is 8.92. The van der Waals surface area contributed by atoms with Crippen LogP contribution in [0.4, 0.5) is 0 Å². The van der Waals surface area contributed by atoms with Gasteiger partial charge in [0.25, 0.3) is 0 Å². The minimum Gasteiger partial charge on any atom is -0.354 e. The monoisotopic (exact) mass is 412 g/mol. The molecule has 2 rings (SSSR count). The second-order valence-electron chi connectivity index (χ2n) is 5.85. The molecule has 1 aromatic rings. The van der Waals surface area contributed by atoms with Crippen LogP contribution in [0, 0.1) is 17.2 Å². The average molecular weight is 412 g/mol. The third kappa shape index (κ3) is 5.84. The van der Waals surface area contributed by atoms with Crippen LogP contribution in [-0.4, -0.2) is 19.0 Å². The number of hydrogen-bond donors (Lipinski definition) is 2. The molecule has 1 aromatic carbocycles. The van der Waals surface area contributed by atoms with Gasteiger partial charge in [0.15, 0.2) is 5.96 Å². The van der Waals surface area contributed by atoms with E-state index < -0.39 is 0 Å². The number of hydrogen-bond acceptors (Lipinski definition) is 2. The molecule has 0 bridgehead atoms. The molecule has 5 heteroatoms. The summed E-state index contributed by atoms with van der Waals surface area (Å²) in [7, 11) is 1.80. The lowest BCUT2D eigenvalue weighted by molar-refractivity contribution is 0.324. The lowest BCUT2D eigenvalue weighted by atomic mass is 9.87. The molecule has 2 N–H and O–H groups in total. The Morgan fingerprint density at radius 2 is 2.23 bits per heavy atom. The summed E-state index contributed by atoms with van der Waals surface area (Å²) in [5.41, 5.74) is 1.78. The summed E-state index contributed by atoms with van der Waals surface area (Å²) in [6.45, 7) is 2.99. The Hall–Kier alpha value is -1.29. The third-order valence-corrected chi connectivity index (χ3v) is 4.02. The predicted octanol–water partition coefficient (Wildman–Crippen LogP) is 3.42. The van der Waals surface area contributed by atoms with Crippen LogP contribution in [0.3, 0.4) is 0 Å². The Bertz CT molecular complexity index is 536. The molecule has 2 atom stereocenters. The second-order valence-corrected chi connectivity index (χ2v) is 5.85. The molecule has 1 aliphatic rings. The highest BCUT2D eigenvalue weighted by Crippen LogP contribution is 2.23. The van der Waals surface area contributed by atoms with Crippen molar-refractivity contribution in [3.8, 4) is 6.07 Å². The van der Waals surface area contributed by atoms with Crippen LogP contribution >= 0.6 is 24.0 Å². The fourth-order valence-electron chi connectivity index (χ4n) is 2.89. The van der Waals surface area contributed by atoms with E-state index in [2.05, 4.69) is 28.6 Å². The van der Waals surface area contributed by atoms with Crippen molar-refractivity contribution in [2.75, 3.05) is 7.05 Å². The maximum Gasteiger partial charge on any atom is 0.191 e. The van der Waals surface area contributed by atoms with E-state index in [1.165, 1.54) is 25.7 Å². The molecule has 0 aliphatic heterocycles. The zero-order valence-corrected chi connectivity index (χ0v) is 15.6. The van der Waals surface area contributed by atoms with Crippen LogP contribution in [0.1, 0.15) is 43.7 Å². The molecule has 0 spiro atoms. The van der Waals surface area contributed by atoms with Gasteiger partial charge in [0.2, 0.25) is 0 Å². The van der Waals surface area contributed by atoms with Gasteiger partial charge in [-0.1, -0.05) is 31.9 Å². The van der Waals surface area contributed by atoms with Crippen LogP contribution in [0.15, 0.2) is 29.3 Å². The molecule has 0 saturated heterocycles. The van der Waals surface area contributed by atoms with E-state index in [0.29, 0.717) is 18.2 Å². The van der Waals surface area contributed by atoms with E-state index in [9.17, 15) is 0 Å². The zero-order chi connectivity index (χ0) is 15.1. The Kier molecular flexibility index (Phi) is 8.25. The molecule has 0 amide bonds.